The van der Waals surface area contributed by atoms with E-state index in [2.05, 4.69) is 10.6 Å². The van der Waals surface area contributed by atoms with Gasteiger partial charge in [0, 0.05) is 13.1 Å². The van der Waals surface area contributed by atoms with Crippen LogP contribution >= 0.6 is 0 Å². The van der Waals surface area contributed by atoms with Crippen molar-refractivity contribution in [2.24, 2.45) is 0 Å². The van der Waals surface area contributed by atoms with Gasteiger partial charge in [-0.05, 0) is 37.1 Å². The molecule has 1 fully saturated rings. The van der Waals surface area contributed by atoms with Gasteiger partial charge in [0.25, 0.3) is 11.8 Å². The number of rotatable bonds is 8. The second kappa shape index (κ2) is 9.05. The molecule has 2 N–H and O–H groups in total. The van der Waals surface area contributed by atoms with E-state index in [1.807, 2.05) is 0 Å². The van der Waals surface area contributed by atoms with Gasteiger partial charge in [-0.1, -0.05) is 12.1 Å². The van der Waals surface area contributed by atoms with Crippen molar-refractivity contribution in [1.82, 2.24) is 10.2 Å². The molecule has 29 heavy (non-hydrogen) atoms. The third-order valence-electron chi connectivity index (χ3n) is 4.22. The van der Waals surface area contributed by atoms with Crippen LogP contribution in [0.2, 0.25) is 0 Å². The van der Waals surface area contributed by atoms with Crippen LogP contribution in [0.4, 0.5) is 5.69 Å². The number of carbonyl (C=O) groups excluding carboxylic acids is 4. The zero-order chi connectivity index (χ0) is 20.8. The monoisotopic (exact) mass is 399 g/mol. The van der Waals surface area contributed by atoms with Crippen molar-refractivity contribution < 1.29 is 28.3 Å². The number of hydrogen-bond acceptors (Lipinski definition) is 6. The lowest BCUT2D eigenvalue weighted by Crippen LogP contribution is -2.40. The average molecular weight is 399 g/mol. The second-order valence-electron chi connectivity index (χ2n) is 6.64. The first-order valence-corrected chi connectivity index (χ1v) is 9.08. The van der Waals surface area contributed by atoms with Gasteiger partial charge < -0.3 is 24.7 Å². The van der Waals surface area contributed by atoms with E-state index in [-0.39, 0.29) is 35.5 Å². The molecule has 1 aliphatic rings. The maximum Gasteiger partial charge on any atom is 0.340 e. The molecule has 0 aliphatic heterocycles. The minimum Gasteiger partial charge on any atom is -0.459 e. The SMILES string of the molecule is CN(CC(=O)NC1CC1)C(=O)COC(=O)c1ccccc1NC(=O)c1ccco1. The van der Waals surface area contributed by atoms with Gasteiger partial charge >= 0.3 is 5.97 Å². The molecule has 152 valence electrons. The number of carbonyl (C=O) groups is 4. The van der Waals surface area contributed by atoms with Crippen LogP contribution in [-0.4, -0.2) is 54.8 Å². The summed E-state index contributed by atoms with van der Waals surface area (Å²) in [6.07, 6.45) is 3.27. The summed E-state index contributed by atoms with van der Waals surface area (Å²) in [5.41, 5.74) is 0.317. The van der Waals surface area contributed by atoms with Crippen LogP contribution in [0.1, 0.15) is 33.8 Å². The molecule has 1 aromatic carbocycles. The van der Waals surface area contributed by atoms with E-state index in [9.17, 15) is 19.2 Å². The molecule has 1 aliphatic carbocycles. The van der Waals surface area contributed by atoms with Gasteiger partial charge in [-0.15, -0.1) is 0 Å². The first-order valence-electron chi connectivity index (χ1n) is 9.08. The fourth-order valence-electron chi connectivity index (χ4n) is 2.48. The molecule has 0 radical (unpaired) electrons. The van der Waals surface area contributed by atoms with Gasteiger partial charge in [0.2, 0.25) is 5.91 Å². The van der Waals surface area contributed by atoms with Crippen molar-refractivity contribution in [3.05, 3.63) is 54.0 Å². The van der Waals surface area contributed by atoms with Crippen molar-refractivity contribution in [1.29, 1.82) is 0 Å². The predicted molar refractivity (Wildman–Crippen MR) is 102 cm³/mol. The van der Waals surface area contributed by atoms with Gasteiger partial charge in [-0.25, -0.2) is 4.79 Å². The molecule has 9 nitrogen and oxygen atoms in total. The number of esters is 1. The molecule has 1 saturated carbocycles. The Bertz CT molecular complexity index is 905. The highest BCUT2D eigenvalue weighted by atomic mass is 16.5. The molecule has 2 aromatic rings. The quantitative estimate of drug-likeness (QED) is 0.649. The lowest BCUT2D eigenvalue weighted by molar-refractivity contribution is -0.137. The first-order chi connectivity index (χ1) is 13.9. The fraction of sp³-hybridized carbons (Fsp3) is 0.300. The Kier molecular flexibility index (Phi) is 6.28. The summed E-state index contributed by atoms with van der Waals surface area (Å²) in [6.45, 7) is -0.630. The lowest BCUT2D eigenvalue weighted by Gasteiger charge is -2.17. The Morgan fingerprint density at radius 2 is 1.90 bits per heavy atom. The molecular weight excluding hydrogens is 378 g/mol. The zero-order valence-electron chi connectivity index (χ0n) is 15.8. The molecule has 0 unspecified atom stereocenters. The van der Waals surface area contributed by atoms with Crippen LogP contribution in [0.3, 0.4) is 0 Å². The maximum atomic E-state index is 12.4. The number of amides is 3. The molecule has 0 spiro atoms. The van der Waals surface area contributed by atoms with Gasteiger partial charge in [0.1, 0.15) is 0 Å². The fourth-order valence-corrected chi connectivity index (χ4v) is 2.48. The summed E-state index contributed by atoms with van der Waals surface area (Å²) in [4.78, 5) is 49.6. The summed E-state index contributed by atoms with van der Waals surface area (Å²) < 4.78 is 10.1. The van der Waals surface area contributed by atoms with Gasteiger partial charge in [0.05, 0.1) is 24.1 Å². The average Bonchev–Trinajstić information content (AvgIpc) is 3.33. The Morgan fingerprint density at radius 1 is 1.14 bits per heavy atom. The molecule has 0 saturated heterocycles. The van der Waals surface area contributed by atoms with Crippen molar-refractivity contribution in [2.45, 2.75) is 18.9 Å². The molecule has 0 atom stereocenters. The van der Waals surface area contributed by atoms with E-state index >= 15 is 0 Å². The van der Waals surface area contributed by atoms with Crippen molar-refractivity contribution in [2.75, 3.05) is 25.5 Å². The topological polar surface area (TPSA) is 118 Å². The lowest BCUT2D eigenvalue weighted by atomic mass is 10.1. The van der Waals surface area contributed by atoms with Crippen LogP contribution in [-0.2, 0) is 14.3 Å². The van der Waals surface area contributed by atoms with Crippen molar-refractivity contribution in [3.63, 3.8) is 0 Å². The van der Waals surface area contributed by atoms with Crippen LogP contribution in [0, 0.1) is 0 Å². The molecular formula is C20H21N3O6. The number of hydrogen-bond donors (Lipinski definition) is 2. The first kappa shape index (κ1) is 20.1. The van der Waals surface area contributed by atoms with E-state index < -0.39 is 24.4 Å². The molecule has 3 rings (SSSR count). The minimum absolute atomic E-state index is 0.0920. The van der Waals surface area contributed by atoms with Crippen LogP contribution in [0.15, 0.2) is 47.1 Å². The predicted octanol–water partition coefficient (Wildman–Crippen LogP) is 1.43. The molecule has 0 bridgehead atoms. The smallest absolute Gasteiger partial charge is 0.340 e. The summed E-state index contributed by atoms with van der Waals surface area (Å²) in [7, 11) is 1.46. The molecule has 9 heteroatoms. The maximum absolute atomic E-state index is 12.4. The van der Waals surface area contributed by atoms with Crippen molar-refractivity contribution >= 4 is 29.4 Å². The number of likely N-dealkylation sites (N-methyl/N-ethyl adjacent to an activating group) is 1. The largest absolute Gasteiger partial charge is 0.459 e. The van der Waals surface area contributed by atoms with E-state index in [0.717, 1.165) is 12.8 Å². The number of benzene rings is 1. The van der Waals surface area contributed by atoms with Gasteiger partial charge in [0.15, 0.2) is 12.4 Å². The summed E-state index contributed by atoms with van der Waals surface area (Å²) in [6, 6.07) is 9.52. The second-order valence-corrected chi connectivity index (χ2v) is 6.64. The van der Waals surface area contributed by atoms with Crippen LogP contribution in [0.25, 0.3) is 0 Å². The Balaban J connectivity index is 1.54. The Morgan fingerprint density at radius 3 is 2.59 bits per heavy atom. The number of nitrogens with zero attached hydrogens (tertiary/aromatic N) is 1. The zero-order valence-corrected chi connectivity index (χ0v) is 15.8. The summed E-state index contributed by atoms with van der Waals surface area (Å²) in [5, 5.41) is 5.35. The third kappa shape index (κ3) is 5.68. The highest BCUT2D eigenvalue weighted by Gasteiger charge is 2.25. The number of para-hydroxylation sites is 1. The van der Waals surface area contributed by atoms with E-state index in [1.165, 1.54) is 36.4 Å². The standard InChI is InChI=1S/C20H21N3O6/c1-23(11-17(24)21-13-8-9-13)18(25)12-29-20(27)14-5-2-3-6-15(14)22-19(26)16-7-4-10-28-16/h2-7,10,13H,8-9,11-12H2,1H3,(H,21,24)(H,22,26). The van der Waals surface area contributed by atoms with Crippen LogP contribution in [0.5, 0.6) is 0 Å². The molecule has 1 aromatic heterocycles. The Hall–Kier alpha value is -3.62. The van der Waals surface area contributed by atoms with E-state index in [0.29, 0.717) is 0 Å². The molecule has 3 amide bonds. The number of furan rings is 1. The number of nitrogens with one attached hydrogen (secondary N) is 2. The molecule has 1 heterocycles. The van der Waals surface area contributed by atoms with Crippen molar-refractivity contribution in [3.8, 4) is 0 Å². The summed E-state index contributed by atoms with van der Waals surface area (Å²) in [5.74, 6) is -1.96. The van der Waals surface area contributed by atoms with Crippen LogP contribution < -0.4 is 10.6 Å². The highest BCUT2D eigenvalue weighted by Crippen LogP contribution is 2.19. The number of ether oxygens (including phenoxy) is 1. The minimum atomic E-state index is -0.774. The third-order valence-corrected chi connectivity index (χ3v) is 4.22. The van der Waals surface area contributed by atoms with E-state index in [4.69, 9.17) is 9.15 Å². The highest BCUT2D eigenvalue weighted by molar-refractivity contribution is 6.06. The van der Waals surface area contributed by atoms with Gasteiger partial charge in [-0.3, -0.25) is 14.4 Å². The van der Waals surface area contributed by atoms with E-state index in [1.54, 1.807) is 18.2 Å². The normalized spacial score (nSPS) is 12.7. The number of anilines is 1. The van der Waals surface area contributed by atoms with Gasteiger partial charge in [-0.2, -0.15) is 0 Å². The summed E-state index contributed by atoms with van der Waals surface area (Å²) >= 11 is 0. The Labute approximate surface area is 167 Å².